The molecule has 2 N–H and O–H groups in total. The molecule has 0 bridgehead atoms. The molecular formula is C28H26F3N3O4. The van der Waals surface area contributed by atoms with Crippen molar-refractivity contribution in [2.24, 2.45) is 0 Å². The summed E-state index contributed by atoms with van der Waals surface area (Å²) in [6.07, 6.45) is -1.52. The average molecular weight is 526 g/mol. The lowest BCUT2D eigenvalue weighted by Gasteiger charge is -2.19. The van der Waals surface area contributed by atoms with Crippen LogP contribution in [0.25, 0.3) is 10.9 Å². The van der Waals surface area contributed by atoms with Crippen molar-refractivity contribution in [3.05, 3.63) is 89.7 Å². The summed E-state index contributed by atoms with van der Waals surface area (Å²) in [7, 11) is 0. The fraction of sp³-hybridized carbons (Fsp3) is 0.250. The molecular weight excluding hydrogens is 499 g/mol. The Bertz CT molecular complexity index is 1400. The number of aryl methyl sites for hydroxylation is 1. The summed E-state index contributed by atoms with van der Waals surface area (Å²) in [4.78, 5) is 30.9. The molecule has 4 rings (SSSR count). The first-order valence-corrected chi connectivity index (χ1v) is 12.0. The predicted octanol–water partition coefficient (Wildman–Crippen LogP) is 5.91. The third kappa shape index (κ3) is 6.70. The van der Waals surface area contributed by atoms with Crippen LogP contribution in [0.5, 0.6) is 5.75 Å². The van der Waals surface area contributed by atoms with E-state index < -0.39 is 30.5 Å². The summed E-state index contributed by atoms with van der Waals surface area (Å²) in [5.41, 5.74) is 3.02. The average Bonchev–Trinajstić information content (AvgIpc) is 3.31. The third-order valence-electron chi connectivity index (χ3n) is 5.99. The second-order valence-electron chi connectivity index (χ2n) is 8.67. The fourth-order valence-electron chi connectivity index (χ4n) is 4.19. The van der Waals surface area contributed by atoms with Gasteiger partial charge >= 0.3 is 18.1 Å². The van der Waals surface area contributed by atoms with Gasteiger partial charge in [-0.05, 0) is 54.3 Å². The molecule has 0 saturated heterocycles. The quantitative estimate of drug-likeness (QED) is 0.152. The molecule has 10 heteroatoms. The molecule has 7 nitrogen and oxygen atoms in total. The zero-order valence-corrected chi connectivity index (χ0v) is 20.5. The van der Waals surface area contributed by atoms with Gasteiger partial charge in [-0.2, -0.15) is 13.2 Å². The van der Waals surface area contributed by atoms with E-state index in [2.05, 4.69) is 20.0 Å². The molecule has 0 aliphatic carbocycles. The Balaban J connectivity index is 1.47. The van der Waals surface area contributed by atoms with Crippen LogP contribution < -0.4 is 10.1 Å². The number of pyridine rings is 1. The number of fused-ring (bicyclic) bond motifs is 1. The highest BCUT2D eigenvalue weighted by Gasteiger charge is 2.42. The van der Waals surface area contributed by atoms with Gasteiger partial charge in [0, 0.05) is 41.8 Å². The number of ether oxygens (including phenoxy) is 2. The van der Waals surface area contributed by atoms with Crippen LogP contribution in [0.4, 0.5) is 19.0 Å². The van der Waals surface area contributed by atoms with Gasteiger partial charge in [0.1, 0.15) is 11.6 Å². The van der Waals surface area contributed by atoms with Crippen molar-refractivity contribution >= 4 is 28.7 Å². The minimum atomic E-state index is -5.25. The van der Waals surface area contributed by atoms with Gasteiger partial charge in [-0.3, -0.25) is 4.79 Å². The number of hydrogen-bond acceptors (Lipinski definition) is 6. The van der Waals surface area contributed by atoms with Crippen molar-refractivity contribution in [3.63, 3.8) is 0 Å². The third-order valence-corrected chi connectivity index (χ3v) is 5.99. The van der Waals surface area contributed by atoms with Crippen molar-refractivity contribution in [1.29, 1.82) is 0 Å². The molecule has 0 aliphatic heterocycles. The second kappa shape index (κ2) is 11.8. The SMILES string of the molecule is Cc1ccccc1C(CC(=O)OC(=O)C(F)(F)F)c1c[nH]c2cc(OCCCNc3ccccn3)ccc12. The van der Waals surface area contributed by atoms with Crippen LogP contribution >= 0.6 is 0 Å². The maximum Gasteiger partial charge on any atom is 0.491 e. The van der Waals surface area contributed by atoms with E-state index in [9.17, 15) is 22.8 Å². The summed E-state index contributed by atoms with van der Waals surface area (Å²) in [6, 6.07) is 18.3. The monoisotopic (exact) mass is 525 g/mol. The number of anilines is 1. The number of rotatable bonds is 10. The first kappa shape index (κ1) is 26.7. The minimum Gasteiger partial charge on any atom is -0.493 e. The summed E-state index contributed by atoms with van der Waals surface area (Å²) in [6.45, 7) is 3.01. The van der Waals surface area contributed by atoms with E-state index in [1.165, 1.54) is 0 Å². The number of carbonyl (C=O) groups excluding carboxylic acids is 2. The van der Waals surface area contributed by atoms with E-state index in [1.54, 1.807) is 30.6 Å². The topological polar surface area (TPSA) is 93.3 Å². The number of hydrogen-bond donors (Lipinski definition) is 2. The van der Waals surface area contributed by atoms with Crippen LogP contribution in [0, 0.1) is 6.92 Å². The van der Waals surface area contributed by atoms with Gasteiger partial charge in [0.25, 0.3) is 0 Å². The molecule has 0 amide bonds. The molecule has 2 heterocycles. The molecule has 2 aromatic heterocycles. The number of esters is 2. The Hall–Kier alpha value is -4.34. The van der Waals surface area contributed by atoms with E-state index in [0.717, 1.165) is 34.3 Å². The van der Waals surface area contributed by atoms with Crippen LogP contribution in [0.3, 0.4) is 0 Å². The molecule has 2 aromatic carbocycles. The number of aromatic nitrogens is 2. The smallest absolute Gasteiger partial charge is 0.491 e. The maximum atomic E-state index is 12.6. The highest BCUT2D eigenvalue weighted by Crippen LogP contribution is 2.36. The van der Waals surface area contributed by atoms with E-state index in [4.69, 9.17) is 4.74 Å². The lowest BCUT2D eigenvalue weighted by atomic mass is 9.86. The molecule has 0 fully saturated rings. The second-order valence-corrected chi connectivity index (χ2v) is 8.67. The van der Waals surface area contributed by atoms with Crippen LogP contribution in [0.15, 0.2) is 73.1 Å². The standard InChI is InChI=1S/C28H26F3N3O4/c1-18-7-2-3-8-20(18)22(16-26(35)38-27(36)28(29,30)31)23-17-34-24-15-19(10-11-21(23)24)37-14-6-13-33-25-9-4-5-12-32-25/h2-5,7-12,15,17,22,34H,6,13-14,16H2,1H3,(H,32,33). The van der Waals surface area contributed by atoms with Crippen molar-refractivity contribution in [2.45, 2.75) is 31.9 Å². The van der Waals surface area contributed by atoms with Gasteiger partial charge in [-0.15, -0.1) is 0 Å². The number of aromatic amines is 1. The molecule has 0 spiro atoms. The fourth-order valence-corrected chi connectivity index (χ4v) is 4.19. The van der Waals surface area contributed by atoms with Gasteiger partial charge < -0.3 is 19.8 Å². The number of benzene rings is 2. The first-order valence-electron chi connectivity index (χ1n) is 12.0. The van der Waals surface area contributed by atoms with E-state index >= 15 is 0 Å². The van der Waals surface area contributed by atoms with Gasteiger partial charge in [-0.25, -0.2) is 9.78 Å². The Labute approximate surface area is 217 Å². The molecule has 0 aliphatic rings. The summed E-state index contributed by atoms with van der Waals surface area (Å²) in [5, 5.41) is 3.99. The van der Waals surface area contributed by atoms with E-state index in [0.29, 0.717) is 24.5 Å². The van der Waals surface area contributed by atoms with Crippen molar-refractivity contribution in [2.75, 3.05) is 18.5 Å². The van der Waals surface area contributed by atoms with Crippen LogP contribution in [-0.4, -0.2) is 41.2 Å². The highest BCUT2D eigenvalue weighted by molar-refractivity contribution is 5.90. The summed E-state index contributed by atoms with van der Waals surface area (Å²) >= 11 is 0. The number of nitrogens with one attached hydrogen (secondary N) is 2. The molecule has 38 heavy (non-hydrogen) atoms. The normalized spacial score (nSPS) is 12.2. The molecule has 1 atom stereocenters. The lowest BCUT2D eigenvalue weighted by molar-refractivity contribution is -0.201. The van der Waals surface area contributed by atoms with Gasteiger partial charge in [-0.1, -0.05) is 30.3 Å². The van der Waals surface area contributed by atoms with Crippen LogP contribution in [0.2, 0.25) is 0 Å². The summed E-state index contributed by atoms with van der Waals surface area (Å²) < 4.78 is 47.8. The van der Waals surface area contributed by atoms with Crippen LogP contribution in [-0.2, 0) is 14.3 Å². The van der Waals surface area contributed by atoms with E-state index in [1.807, 2.05) is 49.4 Å². The minimum absolute atomic E-state index is 0.443. The lowest BCUT2D eigenvalue weighted by Crippen LogP contribution is -2.28. The zero-order chi connectivity index (χ0) is 27.1. The number of nitrogens with zero attached hydrogens (tertiary/aromatic N) is 1. The number of carbonyl (C=O) groups is 2. The molecule has 4 aromatic rings. The Morgan fingerprint density at radius 2 is 1.84 bits per heavy atom. The molecule has 0 radical (unpaired) electrons. The zero-order valence-electron chi connectivity index (χ0n) is 20.5. The van der Waals surface area contributed by atoms with Gasteiger partial charge in [0.2, 0.25) is 0 Å². The first-order chi connectivity index (χ1) is 18.2. The highest BCUT2D eigenvalue weighted by atomic mass is 19.4. The maximum absolute atomic E-state index is 12.6. The van der Waals surface area contributed by atoms with Crippen molar-refractivity contribution in [1.82, 2.24) is 9.97 Å². The van der Waals surface area contributed by atoms with E-state index in [-0.39, 0.29) is 0 Å². The molecule has 0 saturated carbocycles. The largest absolute Gasteiger partial charge is 0.493 e. The van der Waals surface area contributed by atoms with Crippen molar-refractivity contribution in [3.8, 4) is 5.75 Å². The van der Waals surface area contributed by atoms with Crippen LogP contribution in [0.1, 0.15) is 35.4 Å². The Morgan fingerprint density at radius 3 is 2.58 bits per heavy atom. The van der Waals surface area contributed by atoms with Gasteiger partial charge in [0.15, 0.2) is 0 Å². The number of halogens is 3. The predicted molar refractivity (Wildman–Crippen MR) is 136 cm³/mol. The Morgan fingerprint density at radius 1 is 1.05 bits per heavy atom. The van der Waals surface area contributed by atoms with Crippen molar-refractivity contribution < 1.29 is 32.2 Å². The Kier molecular flexibility index (Phi) is 8.30. The van der Waals surface area contributed by atoms with Gasteiger partial charge in [0.05, 0.1) is 13.0 Å². The summed E-state index contributed by atoms with van der Waals surface area (Å²) in [5.74, 6) is -2.98. The molecule has 198 valence electrons. The number of alkyl halides is 3. The number of H-pyrrole nitrogens is 1. The molecule has 1 unspecified atom stereocenters.